The zero-order valence-electron chi connectivity index (χ0n) is 8.16. The van der Waals surface area contributed by atoms with Crippen LogP contribution in [0.2, 0.25) is 0 Å². The Morgan fingerprint density at radius 2 is 2.29 bits per heavy atom. The van der Waals surface area contributed by atoms with E-state index < -0.39 is 0 Å². The normalized spacial score (nSPS) is 34.9. The monoisotopic (exact) mass is 189 g/mol. The van der Waals surface area contributed by atoms with Gasteiger partial charge in [0, 0.05) is 31.3 Å². The number of fused-ring (bicyclic) bond motifs is 2. The molecule has 1 aliphatic carbocycles. The van der Waals surface area contributed by atoms with E-state index >= 15 is 0 Å². The maximum atomic E-state index is 4.50. The van der Waals surface area contributed by atoms with Crippen LogP contribution in [0.3, 0.4) is 0 Å². The predicted molar refractivity (Wildman–Crippen MR) is 57.2 cm³/mol. The molecule has 0 amide bonds. The average Bonchev–Trinajstić information content (AvgIpc) is 2.29. The molecule has 3 aliphatic rings. The summed E-state index contributed by atoms with van der Waals surface area (Å²) in [5.41, 5.74) is 2.60. The lowest BCUT2D eigenvalue weighted by Crippen LogP contribution is -2.49. The summed E-state index contributed by atoms with van der Waals surface area (Å²) in [6, 6.07) is 0.527. The van der Waals surface area contributed by atoms with E-state index in [0.29, 0.717) is 12.0 Å². The molecule has 0 radical (unpaired) electrons. The number of hydrogen-bond acceptors (Lipinski definition) is 3. The number of nitrogens with one attached hydrogen (secondary N) is 2. The molecule has 0 saturated carbocycles. The number of allylic oxidation sites excluding steroid dienone is 2. The number of piperazine rings is 1. The number of dihydropyridines is 1. The Balaban J connectivity index is 2.00. The second kappa shape index (κ2) is 3.24. The fourth-order valence-electron chi connectivity index (χ4n) is 2.53. The van der Waals surface area contributed by atoms with Crippen LogP contribution in [-0.4, -0.2) is 25.3 Å². The van der Waals surface area contributed by atoms with Gasteiger partial charge in [-0.3, -0.25) is 4.99 Å². The van der Waals surface area contributed by atoms with Gasteiger partial charge < -0.3 is 10.6 Å². The van der Waals surface area contributed by atoms with E-state index in [-0.39, 0.29) is 0 Å². The summed E-state index contributed by atoms with van der Waals surface area (Å²) in [5, 5.41) is 7.03. The Kier molecular flexibility index (Phi) is 1.91. The van der Waals surface area contributed by atoms with E-state index in [1.807, 2.05) is 6.21 Å². The Labute approximate surface area is 84.0 Å². The highest BCUT2D eigenvalue weighted by Crippen LogP contribution is 2.32. The van der Waals surface area contributed by atoms with Crippen LogP contribution in [0.1, 0.15) is 12.8 Å². The minimum atomic E-state index is 0.527. The molecular weight excluding hydrogens is 174 g/mol. The van der Waals surface area contributed by atoms with Crippen LogP contribution >= 0.6 is 0 Å². The second-order valence-electron chi connectivity index (χ2n) is 4.08. The van der Waals surface area contributed by atoms with Crippen molar-refractivity contribution in [3.05, 3.63) is 23.5 Å². The number of hydrogen-bond donors (Lipinski definition) is 2. The molecule has 2 unspecified atom stereocenters. The molecule has 0 bridgehead atoms. The minimum Gasteiger partial charge on any atom is -0.384 e. The molecule has 1 fully saturated rings. The number of nitrogens with zero attached hydrogens (tertiary/aromatic N) is 1. The summed E-state index contributed by atoms with van der Waals surface area (Å²) in [6.07, 6.45) is 8.69. The molecule has 1 saturated heterocycles. The molecule has 2 aliphatic heterocycles. The van der Waals surface area contributed by atoms with E-state index in [9.17, 15) is 0 Å². The van der Waals surface area contributed by atoms with E-state index in [2.05, 4.69) is 27.8 Å². The summed E-state index contributed by atoms with van der Waals surface area (Å²) < 4.78 is 0. The van der Waals surface area contributed by atoms with Gasteiger partial charge in [0.25, 0.3) is 0 Å². The van der Waals surface area contributed by atoms with E-state index in [1.165, 1.54) is 24.2 Å². The molecule has 0 aromatic heterocycles. The lowest BCUT2D eigenvalue weighted by atomic mass is 9.85. The average molecular weight is 189 g/mol. The molecule has 74 valence electrons. The third-order valence-corrected chi connectivity index (χ3v) is 3.22. The zero-order chi connectivity index (χ0) is 9.38. The fourth-order valence-corrected chi connectivity index (χ4v) is 2.53. The number of rotatable bonds is 0. The molecule has 0 aromatic rings. The highest BCUT2D eigenvalue weighted by Gasteiger charge is 2.30. The lowest BCUT2D eigenvalue weighted by molar-refractivity contribution is 0.395. The Bertz CT molecular complexity index is 327. The van der Waals surface area contributed by atoms with Crippen molar-refractivity contribution in [1.29, 1.82) is 0 Å². The molecule has 14 heavy (non-hydrogen) atoms. The third kappa shape index (κ3) is 1.20. The van der Waals surface area contributed by atoms with Crippen LogP contribution in [0.5, 0.6) is 0 Å². The van der Waals surface area contributed by atoms with Gasteiger partial charge in [-0.25, -0.2) is 0 Å². The van der Waals surface area contributed by atoms with Crippen molar-refractivity contribution in [2.45, 2.75) is 18.9 Å². The van der Waals surface area contributed by atoms with Crippen LogP contribution in [0, 0.1) is 5.92 Å². The second-order valence-corrected chi connectivity index (χ2v) is 4.08. The zero-order valence-corrected chi connectivity index (χ0v) is 8.16. The van der Waals surface area contributed by atoms with Gasteiger partial charge in [-0.05, 0) is 18.9 Å². The minimum absolute atomic E-state index is 0.527. The van der Waals surface area contributed by atoms with Crippen LogP contribution < -0.4 is 10.6 Å². The van der Waals surface area contributed by atoms with Crippen molar-refractivity contribution >= 4 is 6.21 Å². The third-order valence-electron chi connectivity index (χ3n) is 3.22. The van der Waals surface area contributed by atoms with Crippen LogP contribution in [-0.2, 0) is 0 Å². The maximum Gasteiger partial charge on any atom is 0.0677 e. The van der Waals surface area contributed by atoms with Gasteiger partial charge in [0.2, 0.25) is 0 Å². The van der Waals surface area contributed by atoms with Crippen LogP contribution in [0.15, 0.2) is 28.5 Å². The fraction of sp³-hybridized carbons (Fsp3) is 0.545. The SMILES string of the molecule is C1=CC2CCC3NCCNC3=C2N=C1. The van der Waals surface area contributed by atoms with Gasteiger partial charge in [-0.2, -0.15) is 0 Å². The van der Waals surface area contributed by atoms with Crippen molar-refractivity contribution in [3.63, 3.8) is 0 Å². The van der Waals surface area contributed by atoms with Crippen molar-refractivity contribution in [3.8, 4) is 0 Å². The summed E-state index contributed by atoms with van der Waals surface area (Å²) in [6.45, 7) is 2.10. The first kappa shape index (κ1) is 8.24. The first-order valence-electron chi connectivity index (χ1n) is 5.37. The smallest absolute Gasteiger partial charge is 0.0677 e. The molecule has 3 rings (SSSR count). The number of aliphatic imine (C=N–C) groups is 1. The molecule has 2 atom stereocenters. The van der Waals surface area contributed by atoms with Gasteiger partial charge in [-0.1, -0.05) is 6.08 Å². The van der Waals surface area contributed by atoms with Crippen LogP contribution in [0.4, 0.5) is 0 Å². The highest BCUT2D eigenvalue weighted by molar-refractivity contribution is 5.74. The first-order valence-corrected chi connectivity index (χ1v) is 5.37. The van der Waals surface area contributed by atoms with Crippen molar-refractivity contribution in [1.82, 2.24) is 10.6 Å². The highest BCUT2D eigenvalue weighted by atomic mass is 15.1. The maximum absolute atomic E-state index is 4.50. The van der Waals surface area contributed by atoms with E-state index in [0.717, 1.165) is 13.1 Å². The molecule has 3 heteroatoms. The van der Waals surface area contributed by atoms with Crippen LogP contribution in [0.25, 0.3) is 0 Å². The van der Waals surface area contributed by atoms with E-state index in [4.69, 9.17) is 0 Å². The van der Waals surface area contributed by atoms with Gasteiger partial charge in [-0.15, -0.1) is 0 Å². The molecular formula is C11H15N3. The van der Waals surface area contributed by atoms with Gasteiger partial charge in [0.1, 0.15) is 0 Å². The molecule has 0 spiro atoms. The largest absolute Gasteiger partial charge is 0.384 e. The summed E-state index contributed by atoms with van der Waals surface area (Å²) in [5.74, 6) is 0.554. The van der Waals surface area contributed by atoms with Crippen molar-refractivity contribution in [2.24, 2.45) is 10.9 Å². The predicted octanol–water partition coefficient (Wildman–Crippen LogP) is 0.810. The molecule has 2 N–H and O–H groups in total. The van der Waals surface area contributed by atoms with Gasteiger partial charge in [0.05, 0.1) is 11.4 Å². The standard InChI is InChI=1S/C11H15N3/c1-2-8-3-4-9-11(10(8)13-5-1)14-7-6-12-9/h1-2,5,8-9,12,14H,3-4,6-7H2. The van der Waals surface area contributed by atoms with Gasteiger partial charge in [0.15, 0.2) is 0 Å². The molecule has 0 aromatic carbocycles. The molecule has 3 nitrogen and oxygen atoms in total. The Morgan fingerprint density at radius 3 is 3.29 bits per heavy atom. The quantitative estimate of drug-likeness (QED) is 0.591. The summed E-state index contributed by atoms with van der Waals surface area (Å²) in [4.78, 5) is 4.50. The first-order chi connectivity index (χ1) is 6.95. The Hall–Kier alpha value is -1.09. The molecule has 2 heterocycles. The van der Waals surface area contributed by atoms with Crippen molar-refractivity contribution < 1.29 is 0 Å². The Morgan fingerprint density at radius 1 is 1.29 bits per heavy atom. The van der Waals surface area contributed by atoms with Crippen molar-refractivity contribution in [2.75, 3.05) is 13.1 Å². The summed E-state index contributed by atoms with van der Waals surface area (Å²) >= 11 is 0. The lowest BCUT2D eigenvalue weighted by Gasteiger charge is -2.36. The topological polar surface area (TPSA) is 36.4 Å². The summed E-state index contributed by atoms with van der Waals surface area (Å²) in [7, 11) is 0. The van der Waals surface area contributed by atoms with Gasteiger partial charge >= 0.3 is 0 Å². The van der Waals surface area contributed by atoms with E-state index in [1.54, 1.807) is 0 Å².